The molecule has 0 spiro atoms. The minimum atomic E-state index is -2.51. The van der Waals surface area contributed by atoms with Crippen LogP contribution in [0.25, 0.3) is 11.3 Å². The highest BCUT2D eigenvalue weighted by Crippen LogP contribution is 2.24. The van der Waals surface area contributed by atoms with Gasteiger partial charge in [0.25, 0.3) is 6.43 Å². The van der Waals surface area contributed by atoms with Gasteiger partial charge in [-0.15, -0.1) is 0 Å². The Balaban J connectivity index is 2.39. The van der Waals surface area contributed by atoms with Gasteiger partial charge in [0.1, 0.15) is 0 Å². The van der Waals surface area contributed by atoms with Crippen LogP contribution in [0, 0.1) is 0 Å². The summed E-state index contributed by atoms with van der Waals surface area (Å²) >= 11 is 0. The lowest BCUT2D eigenvalue weighted by atomic mass is 10.1. The normalized spacial score (nSPS) is 10.9. The first kappa shape index (κ1) is 12.2. The number of hydrogen-bond donors (Lipinski definition) is 1. The lowest BCUT2D eigenvalue weighted by Crippen LogP contribution is -1.99. The maximum Gasteiger partial charge on any atom is 0.356 e. The summed E-state index contributed by atoms with van der Waals surface area (Å²) in [4.78, 5) is 10.8. The van der Waals surface area contributed by atoms with Crippen molar-refractivity contribution in [3.8, 4) is 11.3 Å². The molecule has 0 saturated carbocycles. The first-order chi connectivity index (χ1) is 8.49. The molecule has 0 atom stereocenters. The number of halogens is 2. The first-order valence-corrected chi connectivity index (χ1v) is 5.15. The van der Waals surface area contributed by atoms with Gasteiger partial charge in [-0.2, -0.15) is 5.10 Å². The van der Waals surface area contributed by atoms with Crippen LogP contribution in [0.3, 0.4) is 0 Å². The number of carboxylic acids is 1. The maximum atomic E-state index is 12.4. The summed E-state index contributed by atoms with van der Waals surface area (Å²) in [7, 11) is 1.60. The quantitative estimate of drug-likeness (QED) is 0.913. The van der Waals surface area contributed by atoms with Gasteiger partial charge in [0.2, 0.25) is 0 Å². The fourth-order valence-electron chi connectivity index (χ4n) is 1.64. The third-order valence-electron chi connectivity index (χ3n) is 2.56. The second-order valence-corrected chi connectivity index (χ2v) is 3.77. The lowest BCUT2D eigenvalue weighted by Gasteiger charge is -2.03. The highest BCUT2D eigenvalue weighted by molar-refractivity contribution is 5.87. The summed E-state index contributed by atoms with van der Waals surface area (Å²) in [5.74, 6) is -1.12. The zero-order chi connectivity index (χ0) is 13.3. The van der Waals surface area contributed by atoms with E-state index < -0.39 is 12.4 Å². The molecule has 0 radical (unpaired) electrons. The topological polar surface area (TPSA) is 55.1 Å². The molecule has 1 N–H and O–H groups in total. The molecule has 1 aromatic carbocycles. The number of alkyl halides is 2. The number of benzene rings is 1. The van der Waals surface area contributed by atoms with Gasteiger partial charge in [0.05, 0.1) is 5.69 Å². The second-order valence-electron chi connectivity index (χ2n) is 3.77. The number of carbonyl (C=O) groups is 1. The van der Waals surface area contributed by atoms with Crippen LogP contribution in [-0.4, -0.2) is 20.9 Å². The van der Waals surface area contributed by atoms with Gasteiger partial charge in [-0.1, -0.05) is 24.3 Å². The Labute approximate surface area is 101 Å². The van der Waals surface area contributed by atoms with Crippen LogP contribution in [0.15, 0.2) is 30.3 Å². The average molecular weight is 252 g/mol. The molecule has 6 heteroatoms. The Hall–Kier alpha value is -2.24. The Bertz CT molecular complexity index is 576. The van der Waals surface area contributed by atoms with Crippen molar-refractivity contribution in [1.29, 1.82) is 0 Å². The number of nitrogens with zero attached hydrogens (tertiary/aromatic N) is 2. The van der Waals surface area contributed by atoms with E-state index in [2.05, 4.69) is 5.10 Å². The molecular weight excluding hydrogens is 242 g/mol. The van der Waals surface area contributed by atoms with Gasteiger partial charge in [-0.3, -0.25) is 4.68 Å². The molecule has 0 saturated heterocycles. The van der Waals surface area contributed by atoms with E-state index in [4.69, 9.17) is 5.11 Å². The average Bonchev–Trinajstić information content (AvgIpc) is 2.71. The van der Waals surface area contributed by atoms with Crippen LogP contribution in [0.4, 0.5) is 8.78 Å². The summed E-state index contributed by atoms with van der Waals surface area (Å²) in [5, 5.41) is 12.6. The fraction of sp³-hybridized carbons (Fsp3) is 0.167. The van der Waals surface area contributed by atoms with Crippen molar-refractivity contribution in [2.24, 2.45) is 7.05 Å². The van der Waals surface area contributed by atoms with Crippen molar-refractivity contribution in [2.45, 2.75) is 6.43 Å². The Kier molecular flexibility index (Phi) is 3.10. The van der Waals surface area contributed by atoms with E-state index in [-0.39, 0.29) is 11.3 Å². The molecule has 4 nitrogen and oxygen atoms in total. The number of carboxylic acid groups (broad SMARTS) is 1. The van der Waals surface area contributed by atoms with Crippen LogP contribution in [0.1, 0.15) is 22.5 Å². The van der Waals surface area contributed by atoms with Crippen molar-refractivity contribution >= 4 is 5.97 Å². The van der Waals surface area contributed by atoms with Crippen LogP contribution in [0.2, 0.25) is 0 Å². The monoisotopic (exact) mass is 252 g/mol. The molecule has 0 aliphatic carbocycles. The minimum Gasteiger partial charge on any atom is -0.476 e. The molecule has 0 unspecified atom stereocenters. The fourth-order valence-corrected chi connectivity index (χ4v) is 1.64. The SMILES string of the molecule is Cn1nc(C(=O)O)cc1-c1ccc(C(F)F)cc1. The molecule has 18 heavy (non-hydrogen) atoms. The van der Waals surface area contributed by atoms with Crippen LogP contribution in [-0.2, 0) is 7.05 Å². The van der Waals surface area contributed by atoms with E-state index in [0.717, 1.165) is 0 Å². The van der Waals surface area contributed by atoms with Gasteiger partial charge in [-0.05, 0) is 11.6 Å². The molecule has 1 heterocycles. The van der Waals surface area contributed by atoms with Crippen LogP contribution < -0.4 is 0 Å². The van der Waals surface area contributed by atoms with E-state index >= 15 is 0 Å². The highest BCUT2D eigenvalue weighted by atomic mass is 19.3. The smallest absolute Gasteiger partial charge is 0.356 e. The van der Waals surface area contributed by atoms with Gasteiger partial charge >= 0.3 is 5.97 Å². The zero-order valence-electron chi connectivity index (χ0n) is 9.47. The largest absolute Gasteiger partial charge is 0.476 e. The first-order valence-electron chi connectivity index (χ1n) is 5.15. The van der Waals surface area contributed by atoms with Crippen molar-refractivity contribution in [3.05, 3.63) is 41.6 Å². The van der Waals surface area contributed by atoms with Crippen molar-refractivity contribution < 1.29 is 18.7 Å². The summed E-state index contributed by atoms with van der Waals surface area (Å²) in [6.07, 6.45) is -2.51. The summed E-state index contributed by atoms with van der Waals surface area (Å²) < 4.78 is 26.2. The van der Waals surface area contributed by atoms with Crippen molar-refractivity contribution in [1.82, 2.24) is 9.78 Å². The Morgan fingerprint density at radius 1 is 1.33 bits per heavy atom. The van der Waals surface area contributed by atoms with Crippen molar-refractivity contribution in [3.63, 3.8) is 0 Å². The molecule has 94 valence electrons. The van der Waals surface area contributed by atoms with E-state index in [1.807, 2.05) is 0 Å². The summed E-state index contributed by atoms with van der Waals surface area (Å²) in [5.41, 5.74) is 1.06. The van der Waals surface area contributed by atoms with Crippen LogP contribution >= 0.6 is 0 Å². The lowest BCUT2D eigenvalue weighted by molar-refractivity contribution is 0.0689. The molecule has 2 rings (SSSR count). The third-order valence-corrected chi connectivity index (χ3v) is 2.56. The molecule has 0 aliphatic rings. The molecule has 0 fully saturated rings. The van der Waals surface area contributed by atoms with Gasteiger partial charge in [-0.25, -0.2) is 13.6 Å². The predicted octanol–water partition coefficient (Wildman–Crippen LogP) is 2.72. The number of aromatic nitrogens is 2. The van der Waals surface area contributed by atoms with E-state index in [0.29, 0.717) is 11.3 Å². The van der Waals surface area contributed by atoms with Gasteiger partial charge in [0, 0.05) is 12.6 Å². The minimum absolute atomic E-state index is 0.0700. The number of aromatic carboxylic acids is 1. The molecule has 0 amide bonds. The van der Waals surface area contributed by atoms with E-state index in [1.54, 1.807) is 7.05 Å². The predicted molar refractivity (Wildman–Crippen MR) is 60.6 cm³/mol. The maximum absolute atomic E-state index is 12.4. The molecular formula is C12H10F2N2O2. The second kappa shape index (κ2) is 4.56. The van der Waals surface area contributed by atoms with E-state index in [9.17, 15) is 13.6 Å². The van der Waals surface area contributed by atoms with Gasteiger partial charge in [0.15, 0.2) is 5.69 Å². The third kappa shape index (κ3) is 2.22. The number of aryl methyl sites for hydroxylation is 1. The van der Waals surface area contributed by atoms with Gasteiger partial charge < -0.3 is 5.11 Å². The molecule has 1 aromatic heterocycles. The Morgan fingerprint density at radius 3 is 2.39 bits per heavy atom. The summed E-state index contributed by atoms with van der Waals surface area (Å²) in [6, 6.07) is 7.06. The summed E-state index contributed by atoms with van der Waals surface area (Å²) in [6.45, 7) is 0. The number of rotatable bonds is 3. The standard InChI is InChI=1S/C12H10F2N2O2/c1-16-10(6-9(15-16)12(17)18)7-2-4-8(5-3-7)11(13)14/h2-6,11H,1H3,(H,17,18). The molecule has 0 aliphatic heterocycles. The molecule has 2 aromatic rings. The van der Waals surface area contributed by atoms with Crippen molar-refractivity contribution in [2.75, 3.05) is 0 Å². The zero-order valence-corrected chi connectivity index (χ0v) is 9.47. The number of hydrogen-bond acceptors (Lipinski definition) is 2. The Morgan fingerprint density at radius 2 is 1.94 bits per heavy atom. The highest BCUT2D eigenvalue weighted by Gasteiger charge is 2.13. The van der Waals surface area contributed by atoms with E-state index in [1.165, 1.54) is 35.0 Å². The molecule has 0 bridgehead atoms. The van der Waals surface area contributed by atoms with Crippen LogP contribution in [0.5, 0.6) is 0 Å².